The molecule has 0 saturated carbocycles. The lowest BCUT2D eigenvalue weighted by molar-refractivity contribution is -0.137. The van der Waals surface area contributed by atoms with E-state index in [1.54, 1.807) is 0 Å². The van der Waals surface area contributed by atoms with E-state index in [1.165, 1.54) is 18.2 Å². The smallest absolute Gasteiger partial charge is 0.336 e. The summed E-state index contributed by atoms with van der Waals surface area (Å²) in [7, 11) is 0. The first-order valence-corrected chi connectivity index (χ1v) is 5.30. The SMILES string of the molecule is O=C(O)c1cccc2c1C(F)C(C(=O)O)S2. The van der Waals surface area contributed by atoms with Crippen LogP contribution in [0.4, 0.5) is 4.39 Å². The first-order valence-electron chi connectivity index (χ1n) is 4.42. The molecule has 0 aromatic heterocycles. The van der Waals surface area contributed by atoms with Crippen LogP contribution in [0.25, 0.3) is 0 Å². The highest BCUT2D eigenvalue weighted by Crippen LogP contribution is 2.47. The fourth-order valence-electron chi connectivity index (χ4n) is 1.64. The topological polar surface area (TPSA) is 74.6 Å². The quantitative estimate of drug-likeness (QED) is 0.829. The van der Waals surface area contributed by atoms with Crippen molar-refractivity contribution >= 4 is 23.7 Å². The van der Waals surface area contributed by atoms with E-state index in [0.717, 1.165) is 11.8 Å². The van der Waals surface area contributed by atoms with Crippen LogP contribution in [0, 0.1) is 0 Å². The summed E-state index contributed by atoms with van der Waals surface area (Å²) in [5, 5.41) is 16.4. The monoisotopic (exact) mass is 242 g/mol. The van der Waals surface area contributed by atoms with Crippen LogP contribution in [0.1, 0.15) is 22.1 Å². The van der Waals surface area contributed by atoms with Gasteiger partial charge in [-0.15, -0.1) is 11.8 Å². The summed E-state index contributed by atoms with van der Waals surface area (Å²) in [6.45, 7) is 0. The van der Waals surface area contributed by atoms with E-state index in [9.17, 15) is 14.0 Å². The molecule has 0 spiro atoms. The summed E-state index contributed by atoms with van der Waals surface area (Å²) in [4.78, 5) is 22.0. The Morgan fingerprint density at radius 1 is 1.31 bits per heavy atom. The maximum atomic E-state index is 13.8. The van der Waals surface area contributed by atoms with Crippen molar-refractivity contribution in [3.05, 3.63) is 29.3 Å². The number of aliphatic carboxylic acids is 1. The number of carboxylic acid groups (broad SMARTS) is 2. The number of rotatable bonds is 2. The van der Waals surface area contributed by atoms with Crippen LogP contribution in [0.3, 0.4) is 0 Å². The number of carbonyl (C=O) groups is 2. The van der Waals surface area contributed by atoms with E-state index in [4.69, 9.17) is 10.2 Å². The predicted molar refractivity (Wildman–Crippen MR) is 54.5 cm³/mol. The summed E-state index contributed by atoms with van der Waals surface area (Å²) >= 11 is 0.846. The normalized spacial score (nSPS) is 22.8. The standard InChI is InChI=1S/C10H7FO4S/c11-7-6-4(9(12)13)2-1-3-5(6)16-8(7)10(14)15/h1-3,7-8H,(H,12,13)(H,14,15). The van der Waals surface area contributed by atoms with Crippen LogP contribution in [-0.2, 0) is 4.79 Å². The number of thioether (sulfide) groups is 1. The molecule has 84 valence electrons. The zero-order valence-electron chi connectivity index (χ0n) is 7.88. The van der Waals surface area contributed by atoms with Crippen molar-refractivity contribution < 1.29 is 24.2 Å². The third-order valence-electron chi connectivity index (χ3n) is 2.34. The van der Waals surface area contributed by atoms with Crippen LogP contribution < -0.4 is 0 Å². The first-order chi connectivity index (χ1) is 7.52. The highest BCUT2D eigenvalue weighted by Gasteiger charge is 2.41. The lowest BCUT2D eigenvalue weighted by Crippen LogP contribution is -2.18. The van der Waals surface area contributed by atoms with Gasteiger partial charge in [-0.05, 0) is 12.1 Å². The highest BCUT2D eigenvalue weighted by atomic mass is 32.2. The molecular weight excluding hydrogens is 235 g/mol. The Morgan fingerprint density at radius 2 is 2.00 bits per heavy atom. The lowest BCUT2D eigenvalue weighted by Gasteiger charge is -2.07. The van der Waals surface area contributed by atoms with Gasteiger partial charge in [0.1, 0.15) is 11.4 Å². The van der Waals surface area contributed by atoms with Crippen molar-refractivity contribution in [2.75, 3.05) is 0 Å². The number of aromatic carboxylic acids is 1. The molecule has 6 heteroatoms. The molecule has 1 aromatic carbocycles. The number of carboxylic acids is 2. The Balaban J connectivity index is 2.52. The van der Waals surface area contributed by atoms with Gasteiger partial charge >= 0.3 is 11.9 Å². The van der Waals surface area contributed by atoms with E-state index >= 15 is 0 Å². The molecule has 16 heavy (non-hydrogen) atoms. The first kappa shape index (κ1) is 10.9. The molecule has 2 rings (SSSR count). The minimum atomic E-state index is -1.77. The lowest BCUT2D eigenvalue weighted by atomic mass is 10.0. The molecule has 1 heterocycles. The Hall–Kier alpha value is -1.56. The summed E-state index contributed by atoms with van der Waals surface area (Å²) < 4.78 is 13.8. The maximum absolute atomic E-state index is 13.8. The molecule has 0 fully saturated rings. The zero-order valence-corrected chi connectivity index (χ0v) is 8.70. The molecule has 0 amide bonds. The van der Waals surface area contributed by atoms with Crippen molar-refractivity contribution in [3.63, 3.8) is 0 Å². The number of halogens is 1. The summed E-state index contributed by atoms with van der Waals surface area (Å²) in [5.41, 5.74) is -0.186. The van der Waals surface area contributed by atoms with Crippen LogP contribution >= 0.6 is 11.8 Å². The Kier molecular flexibility index (Phi) is 2.59. The molecule has 1 aliphatic heterocycles. The molecule has 2 atom stereocenters. The molecule has 2 unspecified atom stereocenters. The van der Waals surface area contributed by atoms with Crippen molar-refractivity contribution in [2.24, 2.45) is 0 Å². The van der Waals surface area contributed by atoms with Gasteiger partial charge in [0.15, 0.2) is 0 Å². The Morgan fingerprint density at radius 3 is 2.56 bits per heavy atom. The fraction of sp³-hybridized carbons (Fsp3) is 0.200. The second-order valence-electron chi connectivity index (χ2n) is 3.30. The average molecular weight is 242 g/mol. The van der Waals surface area contributed by atoms with Gasteiger partial charge in [0, 0.05) is 10.5 Å². The van der Waals surface area contributed by atoms with E-state index in [0.29, 0.717) is 4.90 Å². The Bertz CT molecular complexity index is 474. The van der Waals surface area contributed by atoms with Gasteiger partial charge in [0.25, 0.3) is 0 Å². The highest BCUT2D eigenvalue weighted by molar-refractivity contribution is 8.01. The molecule has 1 aromatic rings. The van der Waals surface area contributed by atoms with Crippen LogP contribution in [-0.4, -0.2) is 27.4 Å². The molecule has 0 saturated heterocycles. The number of hydrogen-bond acceptors (Lipinski definition) is 3. The third-order valence-corrected chi connectivity index (χ3v) is 3.64. The largest absolute Gasteiger partial charge is 0.480 e. The van der Waals surface area contributed by atoms with Gasteiger partial charge in [0.05, 0.1) is 5.56 Å². The predicted octanol–water partition coefficient (Wildman–Crippen LogP) is 1.95. The summed E-state index contributed by atoms with van der Waals surface area (Å²) in [6.07, 6.45) is -1.77. The third kappa shape index (κ3) is 1.55. The molecule has 0 radical (unpaired) electrons. The van der Waals surface area contributed by atoms with E-state index in [-0.39, 0.29) is 11.1 Å². The second kappa shape index (κ2) is 3.79. The van der Waals surface area contributed by atoms with E-state index < -0.39 is 23.4 Å². The molecule has 0 aliphatic carbocycles. The zero-order chi connectivity index (χ0) is 11.9. The van der Waals surface area contributed by atoms with Crippen LogP contribution in [0.2, 0.25) is 0 Å². The van der Waals surface area contributed by atoms with Crippen molar-refractivity contribution in [1.82, 2.24) is 0 Å². The van der Waals surface area contributed by atoms with E-state index in [1.807, 2.05) is 0 Å². The minimum absolute atomic E-state index is 0.0209. The van der Waals surface area contributed by atoms with Gasteiger partial charge in [0.2, 0.25) is 0 Å². The molecular formula is C10H7FO4S. The Labute approximate surface area is 94.1 Å². The summed E-state index contributed by atoms with van der Waals surface area (Å²) in [6, 6.07) is 4.28. The van der Waals surface area contributed by atoms with Gasteiger partial charge < -0.3 is 10.2 Å². The fourth-order valence-corrected chi connectivity index (χ4v) is 2.78. The second-order valence-corrected chi connectivity index (χ2v) is 4.48. The van der Waals surface area contributed by atoms with Crippen LogP contribution in [0.15, 0.2) is 23.1 Å². The van der Waals surface area contributed by atoms with Gasteiger partial charge in [-0.2, -0.15) is 0 Å². The van der Waals surface area contributed by atoms with Gasteiger partial charge in [-0.3, -0.25) is 4.79 Å². The number of alkyl halides is 1. The van der Waals surface area contributed by atoms with Crippen molar-refractivity contribution in [2.45, 2.75) is 16.3 Å². The summed E-state index contributed by atoms with van der Waals surface area (Å²) in [5.74, 6) is -2.52. The van der Waals surface area contributed by atoms with Gasteiger partial charge in [-0.25, -0.2) is 9.18 Å². The number of benzene rings is 1. The van der Waals surface area contributed by atoms with Crippen LogP contribution in [0.5, 0.6) is 0 Å². The maximum Gasteiger partial charge on any atom is 0.336 e. The number of fused-ring (bicyclic) bond motifs is 1. The van der Waals surface area contributed by atoms with Crippen molar-refractivity contribution in [3.8, 4) is 0 Å². The average Bonchev–Trinajstić information content (AvgIpc) is 2.56. The minimum Gasteiger partial charge on any atom is -0.480 e. The molecule has 1 aliphatic rings. The van der Waals surface area contributed by atoms with Crippen molar-refractivity contribution in [1.29, 1.82) is 0 Å². The molecule has 2 N–H and O–H groups in total. The molecule has 0 bridgehead atoms. The molecule has 4 nitrogen and oxygen atoms in total. The number of hydrogen-bond donors (Lipinski definition) is 2. The van der Waals surface area contributed by atoms with E-state index in [2.05, 4.69) is 0 Å². The van der Waals surface area contributed by atoms with Gasteiger partial charge in [-0.1, -0.05) is 6.07 Å².